The number of rotatable bonds is 12. The van der Waals surface area contributed by atoms with Crippen molar-refractivity contribution in [1.29, 1.82) is 0 Å². The third-order valence-corrected chi connectivity index (χ3v) is 8.79. The van der Waals surface area contributed by atoms with E-state index in [-0.39, 0.29) is 0 Å². The van der Waals surface area contributed by atoms with E-state index in [0.29, 0.717) is 36.4 Å². The van der Waals surface area contributed by atoms with Gasteiger partial charge in [0.15, 0.2) is 11.5 Å². The molecule has 12 N–H and O–H groups in total. The van der Waals surface area contributed by atoms with Crippen LogP contribution >= 0.6 is 0 Å². The molecule has 0 radical (unpaired) electrons. The molecule has 0 saturated carbocycles. The van der Waals surface area contributed by atoms with Crippen LogP contribution in [0, 0.1) is 0 Å². The molecule has 3 aromatic carbocycles. The summed E-state index contributed by atoms with van der Waals surface area (Å²) in [5.41, 5.74) is -5.04. The number of phenols is 3. The Kier molecular flexibility index (Phi) is 9.65. The Labute approximate surface area is 282 Å². The van der Waals surface area contributed by atoms with Gasteiger partial charge in [0.1, 0.15) is 37.1 Å². The summed E-state index contributed by atoms with van der Waals surface area (Å²) in [4.78, 5) is 42.6. The first kappa shape index (κ1) is 37.4. The number of benzene rings is 3. The van der Waals surface area contributed by atoms with Gasteiger partial charge in [0.25, 0.3) is 30.4 Å². The monoisotopic (exact) mass is 774 g/mol. The Morgan fingerprint density at radius 3 is 1.18 bits per heavy atom. The minimum atomic E-state index is -5.28. The zero-order valence-corrected chi connectivity index (χ0v) is 26.7. The van der Waals surface area contributed by atoms with Crippen molar-refractivity contribution >= 4 is 83.2 Å². The molecule has 0 bridgehead atoms. The van der Waals surface area contributed by atoms with Gasteiger partial charge < -0.3 is 46.6 Å². The van der Waals surface area contributed by atoms with Crippen molar-refractivity contribution in [2.24, 2.45) is 0 Å². The van der Waals surface area contributed by atoms with E-state index in [1.165, 1.54) is 0 Å². The topological polar surface area (TPSA) is 410 Å². The van der Waals surface area contributed by atoms with E-state index in [2.05, 4.69) is 30.9 Å². The van der Waals surface area contributed by atoms with Gasteiger partial charge in [-0.3, -0.25) is 13.7 Å². The number of hydrogen-bond acceptors (Lipinski definition) is 18. The zero-order chi connectivity index (χ0) is 38.4. The maximum atomic E-state index is 12.1. The first-order valence-corrected chi connectivity index (χ1v) is 17.0. The zero-order valence-electron chi connectivity index (χ0n) is 24.2. The molecule has 0 atom stereocenters. The van der Waals surface area contributed by atoms with E-state index in [0.717, 1.165) is 0 Å². The fourth-order valence-electron chi connectivity index (χ4n) is 4.05. The summed E-state index contributed by atoms with van der Waals surface area (Å²) in [5, 5.41) is 65.1. The lowest BCUT2D eigenvalue weighted by atomic mass is 10.1. The molecule has 0 aliphatic rings. The largest absolute Gasteiger partial charge is 0.507 e. The van der Waals surface area contributed by atoms with Crippen molar-refractivity contribution in [3.63, 3.8) is 0 Å². The summed E-state index contributed by atoms with van der Waals surface area (Å²) >= 11 is 0. The summed E-state index contributed by atoms with van der Waals surface area (Å²) < 4.78 is 100. The highest BCUT2D eigenvalue weighted by atomic mass is 32.2. The lowest BCUT2D eigenvalue weighted by molar-refractivity contribution is 0.0682. The van der Waals surface area contributed by atoms with E-state index >= 15 is 0 Å². The van der Waals surface area contributed by atoms with Crippen LogP contribution in [-0.4, -0.2) is 102 Å². The van der Waals surface area contributed by atoms with Crippen LogP contribution in [-0.2, 0) is 30.4 Å². The number of hydrogen-bond donors (Lipinski definition) is 12. The molecule has 0 fully saturated rings. The summed E-state index contributed by atoms with van der Waals surface area (Å²) in [6.07, 6.45) is 0. The van der Waals surface area contributed by atoms with Crippen molar-refractivity contribution in [3.8, 4) is 17.2 Å². The highest BCUT2D eigenvalue weighted by Crippen LogP contribution is 2.35. The van der Waals surface area contributed by atoms with Crippen LogP contribution in [0.4, 0.5) is 34.9 Å². The molecule has 1 heterocycles. The van der Waals surface area contributed by atoms with Crippen molar-refractivity contribution < 1.29 is 83.9 Å². The number of carbonyl (C=O) groups is 3. The third kappa shape index (κ3) is 8.26. The highest BCUT2D eigenvalue weighted by molar-refractivity contribution is 7.86. The SMILES string of the molecule is O=C(O)c1cc(Nc2nc(Nc3cc(C(=O)O)c(O)c(S(=O)(=O)O)c3)nc(Nc3cc(C(=O)O)c(O)c(S(=O)(=O)O)c3)n2)c(S(=O)(=O)O)cc1O. The maximum Gasteiger partial charge on any atom is 0.339 e. The molecule has 0 aliphatic heterocycles. The average molecular weight is 775 g/mol. The number of anilines is 6. The van der Waals surface area contributed by atoms with E-state index in [9.17, 15) is 83.9 Å². The van der Waals surface area contributed by atoms with Crippen molar-refractivity contribution in [3.05, 3.63) is 53.1 Å². The Balaban J connectivity index is 1.97. The molecule has 0 amide bonds. The molecule has 4 aromatic rings. The molecule has 4 rings (SSSR count). The summed E-state index contributed by atoms with van der Waals surface area (Å²) in [6, 6.07) is 3.12. The standard InChI is InChI=1S/C24H18N6O18S3/c31-13-6-14(49(40,41)42)12(5-9(13)19(34)35)27-24-29-22(25-7-1-10(20(36)37)17(32)15(3-7)50(43,44)45)28-23(30-24)26-8-2-11(21(38)39)18(33)16(4-8)51(46,47)48/h1-6,31-33H,(H,34,35)(H,36,37)(H,38,39)(H,40,41,42)(H,43,44,45)(H,46,47,48)(H3,25,26,27,28,29,30). The van der Waals surface area contributed by atoms with E-state index in [4.69, 9.17) is 0 Å². The first-order valence-electron chi connectivity index (χ1n) is 12.7. The number of nitrogens with one attached hydrogen (secondary N) is 3. The second kappa shape index (κ2) is 13.1. The van der Waals surface area contributed by atoms with Crippen LogP contribution in [0.15, 0.2) is 51.1 Å². The highest BCUT2D eigenvalue weighted by Gasteiger charge is 2.27. The molecule has 0 spiro atoms. The second-order valence-corrected chi connectivity index (χ2v) is 13.8. The number of aromatic carboxylic acids is 3. The Bertz CT molecular complexity index is 2390. The van der Waals surface area contributed by atoms with Gasteiger partial charge in [0.05, 0.1) is 5.69 Å². The van der Waals surface area contributed by atoms with Crippen molar-refractivity contribution in [1.82, 2.24) is 15.0 Å². The fraction of sp³-hybridized carbons (Fsp3) is 0. The number of carboxylic acid groups (broad SMARTS) is 3. The fourth-order valence-corrected chi connectivity index (χ4v) is 5.96. The van der Waals surface area contributed by atoms with E-state index < -0.39 is 132 Å². The quantitative estimate of drug-likeness (QED) is 0.0706. The molecule has 1 aromatic heterocycles. The Morgan fingerprint density at radius 1 is 0.490 bits per heavy atom. The third-order valence-electron chi connectivity index (χ3n) is 6.17. The molecular formula is C24H18N6O18S3. The predicted octanol–water partition coefficient (Wildman–Crippen LogP) is 1.05. The second-order valence-electron chi connectivity index (χ2n) is 9.63. The molecule has 0 aliphatic carbocycles. The van der Waals surface area contributed by atoms with Crippen LogP contribution < -0.4 is 16.0 Å². The predicted molar refractivity (Wildman–Crippen MR) is 164 cm³/mol. The van der Waals surface area contributed by atoms with Crippen LogP contribution in [0.5, 0.6) is 17.2 Å². The average Bonchev–Trinajstić information content (AvgIpc) is 2.97. The summed E-state index contributed by atoms with van der Waals surface area (Å²) in [7, 11) is -15.8. The maximum absolute atomic E-state index is 12.1. The summed E-state index contributed by atoms with van der Waals surface area (Å²) in [5.74, 6) is -11.8. The van der Waals surface area contributed by atoms with Gasteiger partial charge in [-0.15, -0.1) is 0 Å². The molecule has 0 unspecified atom stereocenters. The number of carboxylic acids is 3. The smallest absolute Gasteiger partial charge is 0.339 e. The molecular weight excluding hydrogens is 756 g/mol. The van der Waals surface area contributed by atoms with E-state index in [1.54, 1.807) is 0 Å². The number of aromatic hydroxyl groups is 3. The van der Waals surface area contributed by atoms with Gasteiger partial charge >= 0.3 is 17.9 Å². The van der Waals surface area contributed by atoms with Gasteiger partial charge in [-0.2, -0.15) is 40.2 Å². The minimum absolute atomic E-state index is 0.335. The number of aromatic nitrogens is 3. The van der Waals surface area contributed by atoms with Crippen LogP contribution in [0.2, 0.25) is 0 Å². The Hall–Kier alpha value is -6.39. The van der Waals surface area contributed by atoms with Crippen molar-refractivity contribution in [2.45, 2.75) is 14.7 Å². The van der Waals surface area contributed by atoms with Gasteiger partial charge in [0.2, 0.25) is 17.8 Å². The minimum Gasteiger partial charge on any atom is -0.507 e. The van der Waals surface area contributed by atoms with E-state index in [1.807, 2.05) is 0 Å². The Morgan fingerprint density at radius 2 is 0.843 bits per heavy atom. The molecule has 270 valence electrons. The van der Waals surface area contributed by atoms with Crippen molar-refractivity contribution in [2.75, 3.05) is 16.0 Å². The summed E-state index contributed by atoms with van der Waals surface area (Å²) in [6.45, 7) is 0. The van der Waals surface area contributed by atoms with Crippen LogP contribution in [0.3, 0.4) is 0 Å². The van der Waals surface area contributed by atoms with Gasteiger partial charge in [-0.25, -0.2) is 14.4 Å². The lowest BCUT2D eigenvalue weighted by Crippen LogP contribution is -2.12. The van der Waals surface area contributed by atoms with Crippen LogP contribution in [0.1, 0.15) is 31.1 Å². The number of nitrogens with zero attached hydrogens (tertiary/aromatic N) is 3. The molecule has 0 saturated heterocycles. The molecule has 51 heavy (non-hydrogen) atoms. The molecule has 24 nitrogen and oxygen atoms in total. The normalized spacial score (nSPS) is 11.8. The van der Waals surface area contributed by atoms with Crippen LogP contribution in [0.25, 0.3) is 0 Å². The first-order chi connectivity index (χ1) is 23.4. The van der Waals surface area contributed by atoms with Gasteiger partial charge in [0, 0.05) is 17.4 Å². The van der Waals surface area contributed by atoms with Gasteiger partial charge in [-0.05, 0) is 30.3 Å². The van der Waals surface area contributed by atoms with Gasteiger partial charge in [-0.1, -0.05) is 0 Å². The lowest BCUT2D eigenvalue weighted by Gasteiger charge is -2.15. The molecule has 27 heteroatoms.